The first-order valence-corrected chi connectivity index (χ1v) is 6.94. The van der Waals surface area contributed by atoms with Gasteiger partial charge in [-0.15, -0.1) is 0 Å². The average Bonchev–Trinajstić information content (AvgIpc) is 2.48. The Labute approximate surface area is 118 Å². The van der Waals surface area contributed by atoms with Gasteiger partial charge < -0.3 is 5.11 Å². The summed E-state index contributed by atoms with van der Waals surface area (Å²) < 4.78 is 13.4. The third-order valence-electron chi connectivity index (χ3n) is 4.15. The van der Waals surface area contributed by atoms with E-state index in [2.05, 4.69) is 23.1 Å². The quantitative estimate of drug-likeness (QED) is 0.901. The zero-order valence-electron chi connectivity index (χ0n) is 11.5. The Kier molecular flexibility index (Phi) is 3.45. The van der Waals surface area contributed by atoms with E-state index in [0.717, 1.165) is 19.5 Å². The van der Waals surface area contributed by atoms with E-state index in [1.165, 1.54) is 29.3 Å². The van der Waals surface area contributed by atoms with E-state index in [1.54, 1.807) is 0 Å². The predicted molar refractivity (Wildman–Crippen MR) is 77.0 cm³/mol. The van der Waals surface area contributed by atoms with Gasteiger partial charge in [0.2, 0.25) is 0 Å². The molecule has 0 spiro atoms. The third kappa shape index (κ3) is 2.41. The van der Waals surface area contributed by atoms with Gasteiger partial charge in [0.1, 0.15) is 11.6 Å². The van der Waals surface area contributed by atoms with Crippen LogP contribution in [0.5, 0.6) is 5.75 Å². The van der Waals surface area contributed by atoms with Gasteiger partial charge in [-0.1, -0.05) is 24.3 Å². The molecule has 0 bridgehead atoms. The molecule has 0 fully saturated rings. The van der Waals surface area contributed by atoms with Gasteiger partial charge in [0.25, 0.3) is 0 Å². The summed E-state index contributed by atoms with van der Waals surface area (Å²) in [5.74, 6) is -0.139. The van der Waals surface area contributed by atoms with Crippen molar-refractivity contribution < 1.29 is 9.50 Å². The molecule has 1 N–H and O–H groups in total. The molecule has 20 heavy (non-hydrogen) atoms. The second kappa shape index (κ2) is 5.25. The van der Waals surface area contributed by atoms with Gasteiger partial charge in [0, 0.05) is 24.7 Å². The molecule has 0 radical (unpaired) electrons. The number of rotatable bonds is 2. The van der Waals surface area contributed by atoms with Crippen LogP contribution in [-0.4, -0.2) is 16.6 Å². The first-order valence-electron chi connectivity index (χ1n) is 6.94. The summed E-state index contributed by atoms with van der Waals surface area (Å²) in [6.07, 6.45) is 0.997. The number of fused-ring (bicyclic) bond motifs is 1. The van der Waals surface area contributed by atoms with Crippen LogP contribution < -0.4 is 0 Å². The maximum atomic E-state index is 13.4. The average molecular weight is 271 g/mol. The number of benzene rings is 2. The summed E-state index contributed by atoms with van der Waals surface area (Å²) in [4.78, 5) is 2.27. The van der Waals surface area contributed by atoms with Crippen LogP contribution in [-0.2, 0) is 13.0 Å². The number of aromatic hydroxyl groups is 1. The number of hydrogen-bond donors (Lipinski definition) is 1. The monoisotopic (exact) mass is 271 g/mol. The van der Waals surface area contributed by atoms with Crippen molar-refractivity contribution in [3.63, 3.8) is 0 Å². The van der Waals surface area contributed by atoms with Crippen LogP contribution in [0.2, 0.25) is 0 Å². The van der Waals surface area contributed by atoms with Crippen molar-refractivity contribution >= 4 is 0 Å². The highest BCUT2D eigenvalue weighted by molar-refractivity contribution is 5.36. The maximum Gasteiger partial charge on any atom is 0.123 e. The summed E-state index contributed by atoms with van der Waals surface area (Å²) in [6, 6.07) is 12.6. The topological polar surface area (TPSA) is 23.5 Å². The fraction of sp³-hybridized carbons (Fsp3) is 0.294. The first kappa shape index (κ1) is 13.1. The lowest BCUT2D eigenvalue weighted by Gasteiger charge is -2.34. The fourth-order valence-corrected chi connectivity index (χ4v) is 2.90. The third-order valence-corrected chi connectivity index (χ3v) is 4.15. The standard InChI is InChI=1S/C17H18FNO/c1-12(16-10-15(18)6-7-17(16)20)19-9-8-13-4-2-3-5-14(13)11-19/h2-7,10,12,20H,8-9,11H2,1H3. The highest BCUT2D eigenvalue weighted by Crippen LogP contribution is 2.32. The van der Waals surface area contributed by atoms with Crippen molar-refractivity contribution in [3.05, 3.63) is 65.0 Å². The van der Waals surface area contributed by atoms with Crippen molar-refractivity contribution in [2.24, 2.45) is 0 Å². The second-order valence-corrected chi connectivity index (χ2v) is 5.37. The molecule has 0 aliphatic carbocycles. The summed E-state index contributed by atoms with van der Waals surface area (Å²) in [7, 11) is 0. The summed E-state index contributed by atoms with van der Waals surface area (Å²) in [6.45, 7) is 3.78. The molecular formula is C17H18FNO. The van der Waals surface area contributed by atoms with Crippen molar-refractivity contribution in [1.82, 2.24) is 4.90 Å². The minimum Gasteiger partial charge on any atom is -0.508 e. The van der Waals surface area contributed by atoms with Gasteiger partial charge in [-0.3, -0.25) is 4.90 Å². The van der Waals surface area contributed by atoms with Crippen LogP contribution in [0, 0.1) is 5.82 Å². The number of phenolic OH excluding ortho intramolecular Hbond substituents is 1. The van der Waals surface area contributed by atoms with E-state index in [0.29, 0.717) is 5.56 Å². The molecule has 1 unspecified atom stereocenters. The molecule has 1 heterocycles. The van der Waals surface area contributed by atoms with E-state index in [4.69, 9.17) is 0 Å². The molecule has 104 valence electrons. The maximum absolute atomic E-state index is 13.4. The highest BCUT2D eigenvalue weighted by atomic mass is 19.1. The molecule has 3 heteroatoms. The lowest BCUT2D eigenvalue weighted by atomic mass is 9.96. The molecule has 0 saturated carbocycles. The van der Waals surface area contributed by atoms with Gasteiger partial charge in [-0.25, -0.2) is 4.39 Å². The number of nitrogens with zero attached hydrogens (tertiary/aromatic N) is 1. The van der Waals surface area contributed by atoms with E-state index in [9.17, 15) is 9.50 Å². The van der Waals surface area contributed by atoms with Crippen LogP contribution in [0.25, 0.3) is 0 Å². The summed E-state index contributed by atoms with van der Waals surface area (Å²) in [5.41, 5.74) is 3.37. The molecule has 2 aromatic rings. The molecule has 1 atom stereocenters. The zero-order valence-corrected chi connectivity index (χ0v) is 11.5. The molecule has 3 rings (SSSR count). The van der Waals surface area contributed by atoms with Gasteiger partial charge in [0.15, 0.2) is 0 Å². The van der Waals surface area contributed by atoms with Crippen LogP contribution in [0.4, 0.5) is 4.39 Å². The smallest absolute Gasteiger partial charge is 0.123 e. The van der Waals surface area contributed by atoms with Gasteiger partial charge >= 0.3 is 0 Å². The lowest BCUT2D eigenvalue weighted by Crippen LogP contribution is -2.32. The van der Waals surface area contributed by atoms with E-state index in [-0.39, 0.29) is 17.6 Å². The Balaban J connectivity index is 1.85. The molecule has 2 aromatic carbocycles. The van der Waals surface area contributed by atoms with Crippen molar-refractivity contribution in [2.45, 2.75) is 25.9 Å². The van der Waals surface area contributed by atoms with Gasteiger partial charge in [-0.05, 0) is 42.7 Å². The van der Waals surface area contributed by atoms with Crippen LogP contribution in [0.1, 0.15) is 29.7 Å². The first-order chi connectivity index (χ1) is 9.65. The normalized spacial score (nSPS) is 16.7. The van der Waals surface area contributed by atoms with Crippen LogP contribution >= 0.6 is 0 Å². The lowest BCUT2D eigenvalue weighted by molar-refractivity contribution is 0.189. The Hall–Kier alpha value is -1.87. The van der Waals surface area contributed by atoms with Crippen LogP contribution in [0.3, 0.4) is 0 Å². The molecule has 2 nitrogen and oxygen atoms in total. The Morgan fingerprint density at radius 2 is 1.90 bits per heavy atom. The van der Waals surface area contributed by atoms with Gasteiger partial charge in [-0.2, -0.15) is 0 Å². The van der Waals surface area contributed by atoms with Crippen molar-refractivity contribution in [3.8, 4) is 5.75 Å². The molecule has 1 aliphatic rings. The molecule has 0 aromatic heterocycles. The van der Waals surface area contributed by atoms with E-state index >= 15 is 0 Å². The molecule has 0 amide bonds. The number of phenols is 1. The Morgan fingerprint density at radius 3 is 2.70 bits per heavy atom. The molecular weight excluding hydrogens is 253 g/mol. The SMILES string of the molecule is CC(c1cc(F)ccc1O)N1CCc2ccccc2C1. The van der Waals surface area contributed by atoms with E-state index in [1.807, 2.05) is 13.0 Å². The van der Waals surface area contributed by atoms with Crippen molar-refractivity contribution in [1.29, 1.82) is 0 Å². The number of halogens is 1. The van der Waals surface area contributed by atoms with Crippen LogP contribution in [0.15, 0.2) is 42.5 Å². The largest absolute Gasteiger partial charge is 0.508 e. The minimum absolute atomic E-state index is 0.000874. The summed E-state index contributed by atoms with van der Waals surface area (Å²) >= 11 is 0. The molecule has 1 aliphatic heterocycles. The van der Waals surface area contributed by atoms with Gasteiger partial charge in [0.05, 0.1) is 0 Å². The highest BCUT2D eigenvalue weighted by Gasteiger charge is 2.23. The fourth-order valence-electron chi connectivity index (χ4n) is 2.90. The predicted octanol–water partition coefficient (Wildman–Crippen LogP) is 3.65. The Bertz CT molecular complexity index is 626. The van der Waals surface area contributed by atoms with Crippen molar-refractivity contribution in [2.75, 3.05) is 6.54 Å². The Morgan fingerprint density at radius 1 is 1.15 bits per heavy atom. The zero-order chi connectivity index (χ0) is 14.1. The summed E-state index contributed by atoms with van der Waals surface area (Å²) in [5, 5.41) is 9.94. The second-order valence-electron chi connectivity index (χ2n) is 5.37. The molecule has 0 saturated heterocycles. The number of hydrogen-bond acceptors (Lipinski definition) is 2. The van der Waals surface area contributed by atoms with E-state index < -0.39 is 0 Å². The minimum atomic E-state index is -0.304.